The summed E-state index contributed by atoms with van der Waals surface area (Å²) in [5, 5.41) is 5.98. The Bertz CT molecular complexity index is 1140. The quantitative estimate of drug-likeness (QED) is 0.262. The maximum Gasteiger partial charge on any atom is -0.0117 e. The molecule has 0 heterocycles. The second kappa shape index (κ2) is 11.9. The van der Waals surface area contributed by atoms with Crippen LogP contribution in [-0.4, -0.2) is 0 Å². The second-order valence-corrected chi connectivity index (χ2v) is 8.12. The third-order valence-corrected chi connectivity index (χ3v) is 6.42. The number of benzene rings is 4. The molecule has 4 aromatic rings. The van der Waals surface area contributed by atoms with Gasteiger partial charge >= 0.3 is 0 Å². The van der Waals surface area contributed by atoms with Crippen molar-refractivity contribution in [2.75, 3.05) is 0 Å². The lowest BCUT2D eigenvalue weighted by Crippen LogP contribution is -2.01. The van der Waals surface area contributed by atoms with Crippen LogP contribution in [0.25, 0.3) is 21.5 Å². The van der Waals surface area contributed by atoms with Gasteiger partial charge in [0.05, 0.1) is 0 Å². The minimum Gasteiger partial charge on any atom is -0.0776 e. The van der Waals surface area contributed by atoms with Crippen molar-refractivity contribution >= 4 is 21.5 Å². The van der Waals surface area contributed by atoms with E-state index in [1.165, 1.54) is 70.5 Å². The van der Waals surface area contributed by atoms with Crippen molar-refractivity contribution < 1.29 is 0 Å². The minimum atomic E-state index is 0. The van der Waals surface area contributed by atoms with Gasteiger partial charge in [0.15, 0.2) is 0 Å². The van der Waals surface area contributed by atoms with E-state index in [1.54, 1.807) is 16.5 Å². The van der Waals surface area contributed by atoms with Crippen molar-refractivity contribution in [1.29, 1.82) is 0 Å². The molecular weight excluding hydrogens is 384 g/mol. The molecule has 0 unspecified atom stereocenters. The Morgan fingerprint density at radius 2 is 0.844 bits per heavy atom. The van der Waals surface area contributed by atoms with Crippen LogP contribution in [0, 0.1) is 13.8 Å². The van der Waals surface area contributed by atoms with Gasteiger partial charge in [-0.1, -0.05) is 95.8 Å². The van der Waals surface area contributed by atoms with Gasteiger partial charge in [0, 0.05) is 0 Å². The average Bonchev–Trinajstić information content (AvgIpc) is 3.26. The molecule has 2 aliphatic rings. The summed E-state index contributed by atoms with van der Waals surface area (Å²) in [6.45, 7) is 12.4. The lowest BCUT2D eigenvalue weighted by Gasteiger charge is -2.17. The van der Waals surface area contributed by atoms with Gasteiger partial charge in [0.2, 0.25) is 0 Å². The monoisotopic (exact) mass is 426 g/mol. The van der Waals surface area contributed by atoms with Crippen molar-refractivity contribution in [2.45, 2.75) is 81.1 Å². The van der Waals surface area contributed by atoms with Crippen LogP contribution in [0.1, 0.15) is 74.9 Å². The molecule has 0 radical (unpaired) electrons. The first-order valence-electron chi connectivity index (χ1n) is 12.2. The first-order chi connectivity index (χ1) is 15.2. The van der Waals surface area contributed by atoms with Gasteiger partial charge < -0.3 is 0 Å². The Morgan fingerprint density at radius 3 is 1.31 bits per heavy atom. The van der Waals surface area contributed by atoms with Crippen LogP contribution < -0.4 is 0 Å². The lowest BCUT2D eigenvalue weighted by molar-refractivity contribution is 0.808. The van der Waals surface area contributed by atoms with Gasteiger partial charge in [-0.2, -0.15) is 0 Å². The Hall–Kier alpha value is -2.60. The van der Waals surface area contributed by atoms with Crippen LogP contribution in [-0.2, 0) is 25.7 Å². The molecule has 0 bridgehead atoms. The number of hydrogen-bond acceptors (Lipinski definition) is 0. The minimum absolute atomic E-state index is 0. The fourth-order valence-corrected chi connectivity index (χ4v) is 4.99. The third kappa shape index (κ3) is 4.90. The van der Waals surface area contributed by atoms with Crippen molar-refractivity contribution in [2.24, 2.45) is 0 Å². The largest absolute Gasteiger partial charge is 0.0776 e. The second-order valence-electron chi connectivity index (χ2n) is 8.12. The highest BCUT2D eigenvalue weighted by Crippen LogP contribution is 2.32. The Balaban J connectivity index is 0.000000192. The summed E-state index contributed by atoms with van der Waals surface area (Å²) in [5.41, 5.74) is 8.99. The molecule has 0 saturated heterocycles. The van der Waals surface area contributed by atoms with Gasteiger partial charge in [-0.25, -0.2) is 0 Å². The van der Waals surface area contributed by atoms with Gasteiger partial charge in [-0.15, -0.1) is 0 Å². The zero-order valence-electron chi connectivity index (χ0n) is 20.3. The topological polar surface area (TPSA) is 0 Å². The number of aryl methyl sites for hydroxylation is 6. The molecule has 0 N–H and O–H groups in total. The summed E-state index contributed by atoms with van der Waals surface area (Å²) in [6, 6.07) is 22.5. The summed E-state index contributed by atoms with van der Waals surface area (Å²) < 4.78 is 0. The zero-order chi connectivity index (χ0) is 22.4. The van der Waals surface area contributed by atoms with E-state index in [0.717, 1.165) is 0 Å². The summed E-state index contributed by atoms with van der Waals surface area (Å²) in [5.74, 6) is 0. The smallest absolute Gasteiger partial charge is 0.0117 e. The molecule has 170 valence electrons. The van der Waals surface area contributed by atoms with Crippen LogP contribution in [0.5, 0.6) is 0 Å². The van der Waals surface area contributed by atoms with Crippen molar-refractivity contribution in [1.82, 2.24) is 0 Å². The van der Waals surface area contributed by atoms with Gasteiger partial charge in [0.1, 0.15) is 0 Å². The van der Waals surface area contributed by atoms with E-state index in [2.05, 4.69) is 74.5 Å². The highest BCUT2D eigenvalue weighted by Gasteiger charge is 2.14. The van der Waals surface area contributed by atoms with Crippen LogP contribution in [0.15, 0.2) is 60.7 Å². The summed E-state index contributed by atoms with van der Waals surface area (Å²) in [6.07, 6.45) is 6.29. The Kier molecular flexibility index (Phi) is 9.51. The maximum absolute atomic E-state index is 2.31. The van der Waals surface area contributed by atoms with Gasteiger partial charge in [-0.3, -0.25) is 0 Å². The highest BCUT2D eigenvalue weighted by atomic mass is 14.2. The Labute approximate surface area is 196 Å². The Morgan fingerprint density at radius 1 is 0.469 bits per heavy atom. The molecule has 0 atom stereocenters. The standard InChI is InChI=1S/C14H14.C13H12.2C2H6.CH4/c1-10-8-9-12-5-2-4-11-6-3-7-13(10)14(11)12;1-9-5-6-11-8-7-10-3-2-4-12(9)13(10)11;2*1-2;/h3,6-9H,2,4-5H2,1H3;2-6H,7-8H2,1H3;2*1-2H3;1H4. The van der Waals surface area contributed by atoms with E-state index in [4.69, 9.17) is 0 Å². The van der Waals surface area contributed by atoms with Crippen LogP contribution in [0.4, 0.5) is 0 Å². The molecule has 0 spiro atoms. The predicted molar refractivity (Wildman–Crippen MR) is 146 cm³/mol. The van der Waals surface area contributed by atoms with E-state index < -0.39 is 0 Å². The van der Waals surface area contributed by atoms with E-state index in [9.17, 15) is 0 Å². The fourth-order valence-electron chi connectivity index (χ4n) is 4.99. The van der Waals surface area contributed by atoms with Crippen LogP contribution in [0.3, 0.4) is 0 Å². The molecule has 32 heavy (non-hydrogen) atoms. The van der Waals surface area contributed by atoms with E-state index in [-0.39, 0.29) is 7.43 Å². The van der Waals surface area contributed by atoms with Crippen LogP contribution in [0.2, 0.25) is 0 Å². The number of rotatable bonds is 0. The summed E-state index contributed by atoms with van der Waals surface area (Å²) in [4.78, 5) is 0. The highest BCUT2D eigenvalue weighted by molar-refractivity contribution is 5.93. The predicted octanol–water partition coefficient (Wildman–Crippen LogP) is 9.57. The first-order valence-corrected chi connectivity index (χ1v) is 12.2. The van der Waals surface area contributed by atoms with Gasteiger partial charge in [-0.05, 0) is 101 Å². The summed E-state index contributed by atoms with van der Waals surface area (Å²) >= 11 is 0. The molecule has 4 aromatic carbocycles. The molecular formula is C32H42. The van der Waals surface area contributed by atoms with Crippen LogP contribution >= 0.6 is 0 Å². The number of hydrogen-bond donors (Lipinski definition) is 0. The van der Waals surface area contributed by atoms with Crippen molar-refractivity contribution in [3.05, 3.63) is 94.0 Å². The lowest BCUT2D eigenvalue weighted by atomic mass is 9.87. The molecule has 0 aliphatic heterocycles. The van der Waals surface area contributed by atoms with E-state index >= 15 is 0 Å². The molecule has 0 aromatic heterocycles. The van der Waals surface area contributed by atoms with E-state index in [1.807, 2.05) is 27.7 Å². The fraction of sp³-hybridized carbons (Fsp3) is 0.375. The summed E-state index contributed by atoms with van der Waals surface area (Å²) in [7, 11) is 0. The molecule has 2 aliphatic carbocycles. The molecule has 0 saturated carbocycles. The molecule has 0 nitrogen and oxygen atoms in total. The van der Waals surface area contributed by atoms with E-state index in [0.29, 0.717) is 0 Å². The SMILES string of the molecule is C.CC.CC.Cc1ccc2c3c(cccc13)CC2.Cc1ccc2c3c(cccc13)CCC2. The average molecular weight is 427 g/mol. The molecule has 0 heteroatoms. The molecule has 6 rings (SSSR count). The molecule has 0 amide bonds. The zero-order valence-corrected chi connectivity index (χ0v) is 20.3. The third-order valence-electron chi connectivity index (χ3n) is 6.42. The van der Waals surface area contributed by atoms with Gasteiger partial charge in [0.25, 0.3) is 0 Å². The maximum atomic E-state index is 2.31. The normalized spacial score (nSPS) is 12.4. The van der Waals surface area contributed by atoms with Crippen molar-refractivity contribution in [3.8, 4) is 0 Å². The molecule has 0 fully saturated rings. The first kappa shape index (κ1) is 25.7. The van der Waals surface area contributed by atoms with Crippen molar-refractivity contribution in [3.63, 3.8) is 0 Å².